The van der Waals surface area contributed by atoms with Gasteiger partial charge in [0, 0.05) is 20.4 Å². The third-order valence-corrected chi connectivity index (χ3v) is 3.87. The number of pyridine rings is 1. The molecule has 22 heavy (non-hydrogen) atoms. The van der Waals surface area contributed by atoms with Gasteiger partial charge in [-0.05, 0) is 30.5 Å². The molecule has 0 N–H and O–H groups in total. The van der Waals surface area contributed by atoms with Crippen molar-refractivity contribution in [3.8, 4) is 0 Å². The van der Waals surface area contributed by atoms with Crippen molar-refractivity contribution < 1.29 is 13.9 Å². The summed E-state index contributed by atoms with van der Waals surface area (Å²) in [4.78, 5) is 18.5. The normalized spacial score (nSPS) is 12.1. The summed E-state index contributed by atoms with van der Waals surface area (Å²) in [5, 5.41) is 0. The number of hydrogen-bond donors (Lipinski definition) is 0. The Labute approximate surface area is 134 Å². The third kappa shape index (κ3) is 3.90. The molecule has 0 aliphatic heterocycles. The number of rotatable bonds is 7. The van der Waals surface area contributed by atoms with Crippen LogP contribution in [0, 0.1) is 0 Å². The van der Waals surface area contributed by atoms with Crippen LogP contribution in [0.4, 0.5) is 0 Å². The van der Waals surface area contributed by atoms with E-state index in [2.05, 4.69) is 4.98 Å². The Bertz CT molecular complexity index is 600. The van der Waals surface area contributed by atoms with Crippen molar-refractivity contribution in [2.75, 3.05) is 27.0 Å². The number of aromatic nitrogens is 1. The van der Waals surface area contributed by atoms with E-state index in [1.54, 1.807) is 43.1 Å². The van der Waals surface area contributed by atoms with E-state index in [1.165, 1.54) is 0 Å². The molecular formula is C16H20N2O3S. The fourth-order valence-electron chi connectivity index (χ4n) is 2.15. The Morgan fingerprint density at radius 1 is 1.41 bits per heavy atom. The van der Waals surface area contributed by atoms with Crippen molar-refractivity contribution in [2.24, 2.45) is 0 Å². The van der Waals surface area contributed by atoms with Crippen LogP contribution in [0.5, 0.6) is 0 Å². The zero-order valence-corrected chi connectivity index (χ0v) is 13.8. The molecular weight excluding hydrogens is 300 g/mol. The molecule has 2 rings (SSSR count). The molecule has 0 radical (unpaired) electrons. The SMILES string of the molecule is COCC(c1ccccn1)N(C)C(=O)c1ccc(CSC)o1. The number of likely N-dealkylation sites (N-methyl/N-ethyl adjacent to an activating group) is 1. The molecule has 0 aliphatic rings. The van der Waals surface area contributed by atoms with Crippen LogP contribution in [0.15, 0.2) is 40.9 Å². The van der Waals surface area contributed by atoms with Gasteiger partial charge in [0.2, 0.25) is 0 Å². The molecule has 0 aliphatic carbocycles. The summed E-state index contributed by atoms with van der Waals surface area (Å²) in [6.07, 6.45) is 3.70. The van der Waals surface area contributed by atoms with Crippen molar-refractivity contribution in [1.29, 1.82) is 0 Å². The van der Waals surface area contributed by atoms with Gasteiger partial charge in [-0.25, -0.2) is 0 Å². The molecule has 1 amide bonds. The molecule has 6 heteroatoms. The maximum atomic E-state index is 12.6. The fourth-order valence-corrected chi connectivity index (χ4v) is 2.59. The lowest BCUT2D eigenvalue weighted by Gasteiger charge is -2.26. The topological polar surface area (TPSA) is 55.6 Å². The number of carbonyl (C=O) groups excluding carboxylic acids is 1. The van der Waals surface area contributed by atoms with Crippen LogP contribution in [0.3, 0.4) is 0 Å². The van der Waals surface area contributed by atoms with Crippen LogP contribution in [-0.4, -0.2) is 42.8 Å². The first-order valence-electron chi connectivity index (χ1n) is 6.92. The van der Waals surface area contributed by atoms with E-state index in [-0.39, 0.29) is 11.9 Å². The summed E-state index contributed by atoms with van der Waals surface area (Å²) < 4.78 is 10.8. The van der Waals surface area contributed by atoms with E-state index in [9.17, 15) is 4.79 Å². The van der Waals surface area contributed by atoms with E-state index in [4.69, 9.17) is 9.15 Å². The van der Waals surface area contributed by atoms with Gasteiger partial charge < -0.3 is 14.1 Å². The highest BCUT2D eigenvalue weighted by molar-refractivity contribution is 7.97. The summed E-state index contributed by atoms with van der Waals surface area (Å²) in [6, 6.07) is 8.92. The minimum atomic E-state index is -0.257. The number of amides is 1. The zero-order chi connectivity index (χ0) is 15.9. The Hall–Kier alpha value is -1.79. The van der Waals surface area contributed by atoms with Crippen LogP contribution in [-0.2, 0) is 10.5 Å². The molecule has 0 saturated heterocycles. The second-order valence-corrected chi connectivity index (χ2v) is 5.71. The number of carbonyl (C=O) groups is 1. The number of furan rings is 1. The summed E-state index contributed by atoms with van der Waals surface area (Å²) in [6.45, 7) is 0.373. The molecule has 0 spiro atoms. The quantitative estimate of drug-likeness (QED) is 0.785. The van der Waals surface area contributed by atoms with E-state index in [1.807, 2.05) is 30.5 Å². The molecule has 1 unspecified atom stereocenters. The van der Waals surface area contributed by atoms with Gasteiger partial charge >= 0.3 is 0 Å². The summed E-state index contributed by atoms with van der Waals surface area (Å²) in [5.41, 5.74) is 0.788. The molecule has 118 valence electrons. The van der Waals surface area contributed by atoms with E-state index < -0.39 is 0 Å². The average Bonchev–Trinajstić information content (AvgIpc) is 3.01. The van der Waals surface area contributed by atoms with Crippen molar-refractivity contribution in [2.45, 2.75) is 11.8 Å². The highest BCUT2D eigenvalue weighted by Crippen LogP contribution is 2.21. The lowest BCUT2D eigenvalue weighted by molar-refractivity contribution is 0.0565. The van der Waals surface area contributed by atoms with Gasteiger partial charge in [0.05, 0.1) is 24.1 Å². The van der Waals surface area contributed by atoms with Gasteiger partial charge in [-0.15, -0.1) is 0 Å². The van der Waals surface area contributed by atoms with Gasteiger partial charge in [-0.3, -0.25) is 9.78 Å². The summed E-state index contributed by atoms with van der Waals surface area (Å²) in [5.74, 6) is 1.70. The van der Waals surface area contributed by atoms with Gasteiger partial charge in [0.1, 0.15) is 5.76 Å². The first kappa shape index (κ1) is 16.6. The monoisotopic (exact) mass is 320 g/mol. The molecule has 2 heterocycles. The Balaban J connectivity index is 2.18. The fraction of sp³-hybridized carbons (Fsp3) is 0.375. The maximum absolute atomic E-state index is 12.6. The maximum Gasteiger partial charge on any atom is 0.289 e. The van der Waals surface area contributed by atoms with Gasteiger partial charge in [-0.2, -0.15) is 11.8 Å². The van der Waals surface area contributed by atoms with Crippen molar-refractivity contribution >= 4 is 17.7 Å². The van der Waals surface area contributed by atoms with Crippen LogP contribution in [0.25, 0.3) is 0 Å². The highest BCUT2D eigenvalue weighted by atomic mass is 32.2. The van der Waals surface area contributed by atoms with Crippen molar-refractivity contribution in [1.82, 2.24) is 9.88 Å². The number of thioether (sulfide) groups is 1. The Morgan fingerprint density at radius 3 is 2.86 bits per heavy atom. The number of ether oxygens (including phenoxy) is 1. The van der Waals surface area contributed by atoms with Gasteiger partial charge in [-0.1, -0.05) is 6.07 Å². The molecule has 0 bridgehead atoms. The molecule has 0 saturated carbocycles. The van der Waals surface area contributed by atoms with Crippen LogP contribution in [0.2, 0.25) is 0 Å². The molecule has 0 aromatic carbocycles. The number of nitrogens with zero attached hydrogens (tertiary/aromatic N) is 2. The minimum absolute atomic E-state index is 0.181. The lowest BCUT2D eigenvalue weighted by Crippen LogP contribution is -2.34. The van der Waals surface area contributed by atoms with Crippen molar-refractivity contribution in [3.05, 3.63) is 53.7 Å². The van der Waals surface area contributed by atoms with E-state index in [0.29, 0.717) is 12.4 Å². The third-order valence-electron chi connectivity index (χ3n) is 3.30. The average molecular weight is 320 g/mol. The zero-order valence-electron chi connectivity index (χ0n) is 13.0. The second kappa shape index (κ2) is 8.00. The first-order chi connectivity index (χ1) is 10.7. The molecule has 1 atom stereocenters. The minimum Gasteiger partial charge on any atom is -0.455 e. The largest absolute Gasteiger partial charge is 0.455 e. The lowest BCUT2D eigenvalue weighted by atomic mass is 10.1. The van der Waals surface area contributed by atoms with E-state index in [0.717, 1.165) is 17.2 Å². The summed E-state index contributed by atoms with van der Waals surface area (Å²) in [7, 11) is 3.34. The molecule has 2 aromatic rings. The number of methoxy groups -OCH3 is 1. The van der Waals surface area contributed by atoms with Crippen LogP contribution < -0.4 is 0 Å². The standard InChI is InChI=1S/C16H20N2O3S/c1-18(14(10-20-2)13-6-4-5-9-17-13)16(19)15-8-7-12(21-15)11-22-3/h4-9,14H,10-11H2,1-3H3. The molecule has 5 nitrogen and oxygen atoms in total. The predicted octanol–water partition coefficient (Wildman–Crippen LogP) is 3.00. The predicted molar refractivity (Wildman–Crippen MR) is 86.9 cm³/mol. The van der Waals surface area contributed by atoms with Crippen molar-refractivity contribution in [3.63, 3.8) is 0 Å². The highest BCUT2D eigenvalue weighted by Gasteiger charge is 2.25. The van der Waals surface area contributed by atoms with Crippen LogP contribution >= 0.6 is 11.8 Å². The second-order valence-electron chi connectivity index (χ2n) is 4.84. The van der Waals surface area contributed by atoms with Crippen LogP contribution in [0.1, 0.15) is 28.1 Å². The Kier molecular flexibility index (Phi) is 6.03. The molecule has 0 fully saturated rings. The van der Waals surface area contributed by atoms with E-state index >= 15 is 0 Å². The Morgan fingerprint density at radius 2 is 2.23 bits per heavy atom. The number of hydrogen-bond acceptors (Lipinski definition) is 5. The molecule has 2 aromatic heterocycles. The van der Waals surface area contributed by atoms with Gasteiger partial charge in [0.25, 0.3) is 5.91 Å². The summed E-state index contributed by atoms with van der Waals surface area (Å²) >= 11 is 1.65. The first-order valence-corrected chi connectivity index (χ1v) is 8.31. The van der Waals surface area contributed by atoms with Gasteiger partial charge in [0.15, 0.2) is 5.76 Å². The smallest absolute Gasteiger partial charge is 0.289 e.